The van der Waals surface area contributed by atoms with Crippen molar-refractivity contribution in [1.29, 1.82) is 0 Å². The van der Waals surface area contributed by atoms with Crippen LogP contribution in [0.1, 0.15) is 6.42 Å². The molecule has 98 valence electrons. The van der Waals surface area contributed by atoms with Crippen LogP contribution in [0.4, 0.5) is 0 Å². The molecule has 19 heavy (non-hydrogen) atoms. The van der Waals surface area contributed by atoms with Gasteiger partial charge in [0.1, 0.15) is 11.9 Å². The molecule has 1 atom stereocenters. The second-order valence-corrected chi connectivity index (χ2v) is 5.15. The van der Waals surface area contributed by atoms with Gasteiger partial charge >= 0.3 is 0 Å². The van der Waals surface area contributed by atoms with Gasteiger partial charge in [-0.2, -0.15) is 0 Å². The fraction of sp³-hybridized carbons (Fsp3) is 0.250. The average Bonchev–Trinajstić information content (AvgIpc) is 2.95. The SMILES string of the molecule is Clc1cc(-c2ccccc2)ccc1O[C@H]1CCNC1. The molecule has 1 N–H and O–H groups in total. The minimum atomic E-state index is 0.236. The molecule has 2 nitrogen and oxygen atoms in total. The summed E-state index contributed by atoms with van der Waals surface area (Å²) in [4.78, 5) is 0. The lowest BCUT2D eigenvalue weighted by atomic mass is 10.1. The van der Waals surface area contributed by atoms with Gasteiger partial charge in [0.25, 0.3) is 0 Å². The van der Waals surface area contributed by atoms with Crippen molar-refractivity contribution < 1.29 is 4.74 Å². The third-order valence-electron chi connectivity index (χ3n) is 3.35. The van der Waals surface area contributed by atoms with Crippen LogP contribution in [0, 0.1) is 0 Å². The van der Waals surface area contributed by atoms with E-state index in [-0.39, 0.29) is 6.10 Å². The Bertz CT molecular complexity index is 550. The second-order valence-electron chi connectivity index (χ2n) is 4.74. The normalized spacial score (nSPS) is 18.5. The third kappa shape index (κ3) is 2.91. The van der Waals surface area contributed by atoms with Gasteiger partial charge in [0, 0.05) is 6.54 Å². The molecular formula is C16H16ClNO. The first-order chi connectivity index (χ1) is 9.33. The standard InChI is InChI=1S/C16H16ClNO/c17-15-10-13(12-4-2-1-3-5-12)6-7-16(15)19-14-8-9-18-11-14/h1-7,10,14,18H,8-9,11H2/t14-/m0/s1. The number of hydrogen-bond acceptors (Lipinski definition) is 2. The maximum atomic E-state index is 6.31. The summed E-state index contributed by atoms with van der Waals surface area (Å²) in [6, 6.07) is 16.2. The fourth-order valence-corrected chi connectivity index (χ4v) is 2.54. The molecule has 1 aliphatic rings. The number of hydrogen-bond donors (Lipinski definition) is 1. The number of benzene rings is 2. The molecule has 0 aliphatic carbocycles. The van der Waals surface area contributed by atoms with Crippen molar-refractivity contribution in [2.45, 2.75) is 12.5 Å². The molecule has 1 heterocycles. The molecule has 2 aromatic rings. The van der Waals surface area contributed by atoms with Crippen molar-refractivity contribution in [3.05, 3.63) is 53.6 Å². The number of rotatable bonds is 3. The third-order valence-corrected chi connectivity index (χ3v) is 3.64. The van der Waals surface area contributed by atoms with E-state index >= 15 is 0 Å². The predicted octanol–water partition coefficient (Wildman–Crippen LogP) is 3.75. The van der Waals surface area contributed by atoms with Crippen LogP contribution >= 0.6 is 11.6 Å². The van der Waals surface area contributed by atoms with Gasteiger partial charge in [0.05, 0.1) is 5.02 Å². The van der Waals surface area contributed by atoms with Crippen LogP contribution < -0.4 is 10.1 Å². The van der Waals surface area contributed by atoms with E-state index in [1.54, 1.807) is 0 Å². The van der Waals surface area contributed by atoms with Crippen molar-refractivity contribution >= 4 is 11.6 Å². The molecule has 0 aromatic heterocycles. The van der Waals surface area contributed by atoms with Crippen molar-refractivity contribution in [3.8, 4) is 16.9 Å². The highest BCUT2D eigenvalue weighted by atomic mass is 35.5. The Kier molecular flexibility index (Phi) is 3.72. The molecule has 3 rings (SSSR count). The van der Waals surface area contributed by atoms with Crippen LogP contribution in [0.25, 0.3) is 11.1 Å². The zero-order valence-corrected chi connectivity index (χ0v) is 11.4. The van der Waals surface area contributed by atoms with Crippen molar-refractivity contribution in [1.82, 2.24) is 5.32 Å². The fourth-order valence-electron chi connectivity index (χ4n) is 2.31. The highest BCUT2D eigenvalue weighted by Gasteiger charge is 2.17. The summed E-state index contributed by atoms with van der Waals surface area (Å²) >= 11 is 6.31. The van der Waals surface area contributed by atoms with Crippen molar-refractivity contribution in [3.63, 3.8) is 0 Å². The van der Waals surface area contributed by atoms with Crippen molar-refractivity contribution in [2.24, 2.45) is 0 Å². The summed E-state index contributed by atoms with van der Waals surface area (Å²) in [5, 5.41) is 3.96. The Morgan fingerprint density at radius 2 is 1.89 bits per heavy atom. The average molecular weight is 274 g/mol. The number of ether oxygens (including phenoxy) is 1. The molecule has 1 aliphatic heterocycles. The second kappa shape index (κ2) is 5.64. The molecule has 0 radical (unpaired) electrons. The summed E-state index contributed by atoms with van der Waals surface area (Å²) < 4.78 is 5.90. The molecule has 2 aromatic carbocycles. The van der Waals surface area contributed by atoms with E-state index in [0.717, 1.165) is 30.8 Å². The van der Waals surface area contributed by atoms with E-state index in [0.29, 0.717) is 5.02 Å². The number of halogens is 1. The Labute approximate surface area is 118 Å². The van der Waals surface area contributed by atoms with E-state index in [1.807, 2.05) is 30.3 Å². The maximum absolute atomic E-state index is 6.31. The lowest BCUT2D eigenvalue weighted by molar-refractivity contribution is 0.223. The Balaban J connectivity index is 1.81. The molecule has 0 spiro atoms. The zero-order chi connectivity index (χ0) is 13.1. The minimum Gasteiger partial charge on any atom is -0.487 e. The van der Waals surface area contributed by atoms with Gasteiger partial charge in [0.15, 0.2) is 0 Å². The lowest BCUT2D eigenvalue weighted by Gasteiger charge is -2.14. The first kappa shape index (κ1) is 12.5. The van der Waals surface area contributed by atoms with Gasteiger partial charge in [-0.25, -0.2) is 0 Å². The van der Waals surface area contributed by atoms with Gasteiger partial charge in [-0.05, 0) is 36.2 Å². The minimum absolute atomic E-state index is 0.236. The Morgan fingerprint density at radius 3 is 2.58 bits per heavy atom. The summed E-state index contributed by atoms with van der Waals surface area (Å²) in [6.45, 7) is 1.92. The van der Waals surface area contributed by atoms with E-state index in [9.17, 15) is 0 Å². The molecule has 1 saturated heterocycles. The van der Waals surface area contributed by atoms with Gasteiger partial charge < -0.3 is 10.1 Å². The molecule has 1 fully saturated rings. The van der Waals surface area contributed by atoms with Crippen LogP contribution in [0.3, 0.4) is 0 Å². The summed E-state index contributed by atoms with van der Waals surface area (Å²) in [7, 11) is 0. The van der Waals surface area contributed by atoms with Gasteiger partial charge in [-0.15, -0.1) is 0 Å². The van der Waals surface area contributed by atoms with E-state index in [1.165, 1.54) is 5.56 Å². The van der Waals surface area contributed by atoms with Gasteiger partial charge in [-0.1, -0.05) is 48.0 Å². The van der Waals surface area contributed by atoms with E-state index in [2.05, 4.69) is 23.5 Å². The molecular weight excluding hydrogens is 258 g/mol. The van der Waals surface area contributed by atoms with Crippen LogP contribution in [0.2, 0.25) is 5.02 Å². The highest BCUT2D eigenvalue weighted by Crippen LogP contribution is 2.31. The van der Waals surface area contributed by atoms with Gasteiger partial charge in [-0.3, -0.25) is 0 Å². The van der Waals surface area contributed by atoms with E-state index in [4.69, 9.17) is 16.3 Å². The van der Waals surface area contributed by atoms with Gasteiger partial charge in [0.2, 0.25) is 0 Å². The maximum Gasteiger partial charge on any atom is 0.138 e. The summed E-state index contributed by atoms with van der Waals surface area (Å²) in [5.74, 6) is 0.773. The van der Waals surface area contributed by atoms with Crippen LogP contribution in [-0.4, -0.2) is 19.2 Å². The molecule has 0 amide bonds. The predicted molar refractivity (Wildman–Crippen MR) is 78.8 cm³/mol. The largest absolute Gasteiger partial charge is 0.487 e. The van der Waals surface area contributed by atoms with Crippen LogP contribution in [0.5, 0.6) is 5.75 Å². The van der Waals surface area contributed by atoms with Crippen LogP contribution in [0.15, 0.2) is 48.5 Å². The zero-order valence-electron chi connectivity index (χ0n) is 10.6. The number of nitrogens with one attached hydrogen (secondary N) is 1. The monoisotopic (exact) mass is 273 g/mol. The molecule has 0 unspecified atom stereocenters. The highest BCUT2D eigenvalue weighted by molar-refractivity contribution is 6.32. The van der Waals surface area contributed by atoms with E-state index < -0.39 is 0 Å². The Morgan fingerprint density at radius 1 is 1.05 bits per heavy atom. The topological polar surface area (TPSA) is 21.3 Å². The van der Waals surface area contributed by atoms with Crippen molar-refractivity contribution in [2.75, 3.05) is 13.1 Å². The molecule has 0 saturated carbocycles. The summed E-state index contributed by atoms with van der Waals surface area (Å²) in [6.07, 6.45) is 1.27. The van der Waals surface area contributed by atoms with Crippen LogP contribution in [-0.2, 0) is 0 Å². The molecule has 0 bridgehead atoms. The lowest BCUT2D eigenvalue weighted by Crippen LogP contribution is -2.19. The first-order valence-corrected chi connectivity index (χ1v) is 6.93. The first-order valence-electron chi connectivity index (χ1n) is 6.55. The smallest absolute Gasteiger partial charge is 0.138 e. The quantitative estimate of drug-likeness (QED) is 0.920. The Hall–Kier alpha value is -1.51. The summed E-state index contributed by atoms with van der Waals surface area (Å²) in [5.41, 5.74) is 2.28. The molecule has 3 heteroatoms.